The normalized spacial score (nSPS) is 13.9. The van der Waals surface area contributed by atoms with E-state index < -0.39 is 0 Å². The summed E-state index contributed by atoms with van der Waals surface area (Å²) in [5, 5.41) is 2.92. The maximum atomic E-state index is 13.1. The average Bonchev–Trinajstić information content (AvgIpc) is 2.90. The molecule has 0 spiro atoms. The summed E-state index contributed by atoms with van der Waals surface area (Å²) >= 11 is 1.37. The summed E-state index contributed by atoms with van der Waals surface area (Å²) in [5.41, 5.74) is 2.87. The Bertz CT molecular complexity index is 1300. The van der Waals surface area contributed by atoms with Crippen molar-refractivity contribution in [2.24, 2.45) is 0 Å². The SMILES string of the molecule is COc1ccccc1CNC(=O)c1ccc2c(c1)N(C)C(=O)/C(=C/c1ccc(OC)c(OC)c1)S2. The van der Waals surface area contributed by atoms with Crippen LogP contribution < -0.4 is 24.4 Å². The van der Waals surface area contributed by atoms with Crippen molar-refractivity contribution < 1.29 is 23.8 Å². The minimum absolute atomic E-state index is 0.149. The third kappa shape index (κ3) is 5.12. The summed E-state index contributed by atoms with van der Waals surface area (Å²) in [5.74, 6) is 1.55. The minimum atomic E-state index is -0.226. The van der Waals surface area contributed by atoms with Gasteiger partial charge in [0.1, 0.15) is 5.75 Å². The van der Waals surface area contributed by atoms with Crippen molar-refractivity contribution >= 4 is 35.3 Å². The zero-order valence-electron chi connectivity index (χ0n) is 20.0. The maximum Gasteiger partial charge on any atom is 0.264 e. The smallest absolute Gasteiger partial charge is 0.264 e. The average molecular weight is 491 g/mol. The summed E-state index contributed by atoms with van der Waals surface area (Å²) in [7, 11) is 6.46. The molecule has 1 aliphatic heterocycles. The van der Waals surface area contributed by atoms with Crippen LogP contribution in [0, 0.1) is 0 Å². The van der Waals surface area contributed by atoms with Crippen molar-refractivity contribution in [2.45, 2.75) is 11.4 Å². The molecule has 0 saturated carbocycles. The second-order valence-electron chi connectivity index (χ2n) is 7.77. The highest BCUT2D eigenvalue weighted by atomic mass is 32.2. The number of hydrogen-bond acceptors (Lipinski definition) is 6. The molecule has 0 saturated heterocycles. The molecule has 2 amide bonds. The van der Waals surface area contributed by atoms with Gasteiger partial charge in [-0.15, -0.1) is 0 Å². The van der Waals surface area contributed by atoms with E-state index in [2.05, 4.69) is 5.32 Å². The van der Waals surface area contributed by atoms with Gasteiger partial charge < -0.3 is 24.4 Å². The molecule has 1 N–H and O–H groups in total. The summed E-state index contributed by atoms with van der Waals surface area (Å²) in [4.78, 5) is 28.9. The molecule has 4 rings (SSSR count). The number of para-hydroxylation sites is 1. The van der Waals surface area contributed by atoms with Crippen LogP contribution >= 0.6 is 11.8 Å². The Morgan fingerprint density at radius 2 is 1.69 bits per heavy atom. The van der Waals surface area contributed by atoms with E-state index in [-0.39, 0.29) is 11.8 Å². The van der Waals surface area contributed by atoms with E-state index in [1.807, 2.05) is 48.5 Å². The quantitative estimate of drug-likeness (QED) is 0.482. The lowest BCUT2D eigenvalue weighted by Gasteiger charge is -2.27. The molecule has 0 aromatic heterocycles. The first-order valence-corrected chi connectivity index (χ1v) is 11.7. The van der Waals surface area contributed by atoms with Crippen LogP contribution in [0.25, 0.3) is 6.08 Å². The Balaban J connectivity index is 1.54. The lowest BCUT2D eigenvalue weighted by Crippen LogP contribution is -2.31. The van der Waals surface area contributed by atoms with Gasteiger partial charge in [0.25, 0.3) is 11.8 Å². The highest BCUT2D eigenvalue weighted by molar-refractivity contribution is 8.04. The number of anilines is 1. The Labute approximate surface area is 208 Å². The van der Waals surface area contributed by atoms with Gasteiger partial charge in [-0.3, -0.25) is 9.59 Å². The van der Waals surface area contributed by atoms with Gasteiger partial charge in [-0.1, -0.05) is 36.0 Å². The monoisotopic (exact) mass is 490 g/mol. The van der Waals surface area contributed by atoms with Crippen LogP contribution in [-0.2, 0) is 11.3 Å². The van der Waals surface area contributed by atoms with E-state index in [1.54, 1.807) is 51.5 Å². The molecule has 0 bridgehead atoms. The predicted octanol–water partition coefficient (Wildman–Crippen LogP) is 4.75. The molecule has 0 atom stereocenters. The molecule has 1 aliphatic rings. The highest BCUT2D eigenvalue weighted by Gasteiger charge is 2.27. The molecule has 0 aliphatic carbocycles. The number of likely N-dealkylation sites (N-methyl/N-ethyl adjacent to an activating group) is 1. The van der Waals surface area contributed by atoms with Gasteiger partial charge in [0.05, 0.1) is 31.9 Å². The van der Waals surface area contributed by atoms with E-state index >= 15 is 0 Å². The second-order valence-corrected chi connectivity index (χ2v) is 8.85. The molecule has 7 nitrogen and oxygen atoms in total. The number of rotatable bonds is 7. The number of carbonyl (C=O) groups excluding carboxylic acids is 2. The fourth-order valence-corrected chi connectivity index (χ4v) is 4.85. The molecule has 0 radical (unpaired) electrons. The van der Waals surface area contributed by atoms with Crippen molar-refractivity contribution in [2.75, 3.05) is 33.3 Å². The van der Waals surface area contributed by atoms with Crippen molar-refractivity contribution in [1.82, 2.24) is 5.32 Å². The Morgan fingerprint density at radius 3 is 2.43 bits per heavy atom. The fraction of sp³-hybridized carbons (Fsp3) is 0.185. The molecule has 0 fully saturated rings. The van der Waals surface area contributed by atoms with Crippen LogP contribution in [0.15, 0.2) is 70.5 Å². The molecule has 8 heteroatoms. The van der Waals surface area contributed by atoms with Crippen molar-refractivity contribution in [3.05, 3.63) is 82.3 Å². The van der Waals surface area contributed by atoms with E-state index in [0.717, 1.165) is 16.0 Å². The number of hydrogen-bond donors (Lipinski definition) is 1. The highest BCUT2D eigenvalue weighted by Crippen LogP contribution is 2.42. The van der Waals surface area contributed by atoms with Crippen LogP contribution in [0.2, 0.25) is 0 Å². The van der Waals surface area contributed by atoms with Gasteiger partial charge in [0.2, 0.25) is 0 Å². The third-order valence-corrected chi connectivity index (χ3v) is 6.73. The lowest BCUT2D eigenvalue weighted by molar-refractivity contribution is -0.114. The topological polar surface area (TPSA) is 77.1 Å². The van der Waals surface area contributed by atoms with Crippen molar-refractivity contribution in [3.63, 3.8) is 0 Å². The molecule has 0 unspecified atom stereocenters. The molecule has 3 aromatic carbocycles. The van der Waals surface area contributed by atoms with Gasteiger partial charge in [0, 0.05) is 29.6 Å². The number of nitrogens with one attached hydrogen (secondary N) is 1. The van der Waals surface area contributed by atoms with Crippen LogP contribution in [0.1, 0.15) is 21.5 Å². The fourth-order valence-electron chi connectivity index (χ4n) is 3.76. The van der Waals surface area contributed by atoms with E-state index in [4.69, 9.17) is 14.2 Å². The van der Waals surface area contributed by atoms with Crippen LogP contribution in [0.5, 0.6) is 17.2 Å². The standard InChI is InChI=1S/C27H26N2O5S/c1-29-20-15-18(26(30)28-16-19-7-5-6-8-21(19)32-2)10-12-24(20)35-25(27(29)31)14-17-9-11-22(33-3)23(13-17)34-4/h5-15H,16H2,1-4H3,(H,28,30)/b25-14-. The molecule has 180 valence electrons. The number of thioether (sulfide) groups is 1. The Kier molecular flexibility index (Phi) is 7.31. The molecule has 3 aromatic rings. The minimum Gasteiger partial charge on any atom is -0.496 e. The van der Waals surface area contributed by atoms with Gasteiger partial charge >= 0.3 is 0 Å². The van der Waals surface area contributed by atoms with Gasteiger partial charge in [0.15, 0.2) is 11.5 Å². The van der Waals surface area contributed by atoms with Crippen LogP contribution in [0.4, 0.5) is 5.69 Å². The summed E-state index contributed by atoms with van der Waals surface area (Å²) in [6.45, 7) is 0.335. The number of benzene rings is 3. The number of ether oxygens (including phenoxy) is 3. The number of nitrogens with zero attached hydrogens (tertiary/aromatic N) is 1. The first kappa shape index (κ1) is 24.2. The first-order valence-electron chi connectivity index (χ1n) is 10.9. The Morgan fingerprint density at radius 1 is 0.943 bits per heavy atom. The van der Waals surface area contributed by atoms with E-state index in [9.17, 15) is 9.59 Å². The maximum absolute atomic E-state index is 13.1. The molecular formula is C27H26N2O5S. The first-order chi connectivity index (χ1) is 16.9. The number of amides is 2. The van der Waals surface area contributed by atoms with Crippen molar-refractivity contribution in [3.8, 4) is 17.2 Å². The summed E-state index contributed by atoms with van der Waals surface area (Å²) in [6, 6.07) is 18.4. The molecule has 35 heavy (non-hydrogen) atoms. The predicted molar refractivity (Wildman–Crippen MR) is 137 cm³/mol. The molecule has 1 heterocycles. The van der Waals surface area contributed by atoms with E-state index in [1.165, 1.54) is 11.8 Å². The zero-order chi connectivity index (χ0) is 24.9. The zero-order valence-corrected chi connectivity index (χ0v) is 20.8. The lowest BCUT2D eigenvalue weighted by atomic mass is 10.1. The van der Waals surface area contributed by atoms with Crippen molar-refractivity contribution in [1.29, 1.82) is 0 Å². The number of methoxy groups -OCH3 is 3. The largest absolute Gasteiger partial charge is 0.496 e. The molecular weight excluding hydrogens is 464 g/mol. The second kappa shape index (κ2) is 10.6. The van der Waals surface area contributed by atoms with Gasteiger partial charge in [-0.2, -0.15) is 0 Å². The summed E-state index contributed by atoms with van der Waals surface area (Å²) < 4.78 is 16.0. The van der Waals surface area contributed by atoms with Crippen LogP contribution in [0.3, 0.4) is 0 Å². The van der Waals surface area contributed by atoms with Crippen LogP contribution in [-0.4, -0.2) is 40.2 Å². The van der Waals surface area contributed by atoms with Gasteiger partial charge in [-0.05, 0) is 48.0 Å². The van der Waals surface area contributed by atoms with Gasteiger partial charge in [-0.25, -0.2) is 0 Å². The number of fused-ring (bicyclic) bond motifs is 1. The van der Waals surface area contributed by atoms with E-state index in [0.29, 0.717) is 39.9 Å². The summed E-state index contributed by atoms with van der Waals surface area (Å²) in [6.07, 6.45) is 1.82. The third-order valence-electron chi connectivity index (χ3n) is 5.66. The number of carbonyl (C=O) groups is 2. The Hall–Kier alpha value is -3.91.